The molecule has 0 aliphatic rings. The minimum absolute atomic E-state index is 0.0472. The van der Waals surface area contributed by atoms with Crippen molar-refractivity contribution in [3.8, 4) is 10.4 Å². The lowest BCUT2D eigenvalue weighted by atomic mass is 10.1. The Hall–Kier alpha value is -1.81. The van der Waals surface area contributed by atoms with Crippen LogP contribution in [0.25, 0.3) is 10.4 Å². The molecule has 2 aromatic rings. The number of amides is 2. The monoisotopic (exact) mass is 274 g/mol. The summed E-state index contributed by atoms with van der Waals surface area (Å²) in [5.41, 5.74) is 1.93. The van der Waals surface area contributed by atoms with Crippen molar-refractivity contribution >= 4 is 23.1 Å². The molecule has 100 valence electrons. The van der Waals surface area contributed by atoms with E-state index < -0.39 is 0 Å². The normalized spacial score (nSPS) is 10.2. The number of hydrogen-bond acceptors (Lipinski definition) is 2. The summed E-state index contributed by atoms with van der Waals surface area (Å²) in [6.45, 7) is 5.38. The van der Waals surface area contributed by atoms with Crippen LogP contribution >= 0.6 is 11.3 Å². The van der Waals surface area contributed by atoms with E-state index in [4.69, 9.17) is 0 Å². The van der Waals surface area contributed by atoms with E-state index in [2.05, 4.69) is 11.4 Å². The number of urea groups is 1. The van der Waals surface area contributed by atoms with Crippen LogP contribution in [0.1, 0.15) is 13.8 Å². The van der Waals surface area contributed by atoms with Gasteiger partial charge in [-0.25, -0.2) is 4.79 Å². The molecule has 0 aliphatic carbocycles. The Balaban J connectivity index is 2.24. The van der Waals surface area contributed by atoms with Crippen molar-refractivity contribution in [2.24, 2.45) is 0 Å². The zero-order chi connectivity index (χ0) is 13.7. The van der Waals surface area contributed by atoms with Crippen LogP contribution in [0.15, 0.2) is 41.8 Å². The average Bonchev–Trinajstić information content (AvgIpc) is 2.94. The van der Waals surface area contributed by atoms with Crippen molar-refractivity contribution in [1.82, 2.24) is 4.90 Å². The first-order valence-electron chi connectivity index (χ1n) is 6.45. The van der Waals surface area contributed by atoms with Crippen LogP contribution in [0.4, 0.5) is 10.5 Å². The van der Waals surface area contributed by atoms with E-state index in [0.29, 0.717) is 13.1 Å². The second-order valence-corrected chi connectivity index (χ2v) is 5.07. The molecule has 4 heteroatoms. The molecule has 0 saturated carbocycles. The van der Waals surface area contributed by atoms with Crippen LogP contribution < -0.4 is 5.32 Å². The Morgan fingerprint density at radius 2 is 1.89 bits per heavy atom. The molecule has 1 aromatic heterocycles. The number of hydrogen-bond donors (Lipinski definition) is 1. The number of benzene rings is 1. The van der Waals surface area contributed by atoms with Gasteiger partial charge in [0, 0.05) is 23.5 Å². The second kappa shape index (κ2) is 6.38. The highest BCUT2D eigenvalue weighted by Gasteiger charge is 2.12. The number of anilines is 1. The highest BCUT2D eigenvalue weighted by atomic mass is 32.1. The SMILES string of the molecule is CCN(CC)C(=O)Nc1ccccc1-c1cccs1. The fourth-order valence-electron chi connectivity index (χ4n) is 1.94. The molecule has 0 saturated heterocycles. The van der Waals surface area contributed by atoms with E-state index in [9.17, 15) is 4.79 Å². The zero-order valence-electron chi connectivity index (χ0n) is 11.2. The molecule has 19 heavy (non-hydrogen) atoms. The van der Waals surface area contributed by atoms with Gasteiger partial charge in [-0.2, -0.15) is 0 Å². The molecule has 3 nitrogen and oxygen atoms in total. The number of nitrogens with one attached hydrogen (secondary N) is 1. The molecular weight excluding hydrogens is 256 g/mol. The minimum atomic E-state index is -0.0472. The molecule has 0 fully saturated rings. The topological polar surface area (TPSA) is 32.3 Å². The number of carbonyl (C=O) groups excluding carboxylic acids is 1. The second-order valence-electron chi connectivity index (χ2n) is 4.13. The van der Waals surface area contributed by atoms with Crippen LogP contribution in [0.2, 0.25) is 0 Å². The predicted octanol–water partition coefficient (Wildman–Crippen LogP) is 4.29. The van der Waals surface area contributed by atoms with Crippen molar-refractivity contribution in [3.05, 3.63) is 41.8 Å². The van der Waals surface area contributed by atoms with Gasteiger partial charge in [0.25, 0.3) is 0 Å². The lowest BCUT2D eigenvalue weighted by Gasteiger charge is -2.20. The first-order valence-corrected chi connectivity index (χ1v) is 7.33. The van der Waals surface area contributed by atoms with Gasteiger partial charge in [-0.3, -0.25) is 0 Å². The standard InChI is InChI=1S/C15H18N2OS/c1-3-17(4-2)15(18)16-13-9-6-5-8-12(13)14-10-7-11-19-14/h5-11H,3-4H2,1-2H3,(H,16,18). The van der Waals surface area contributed by atoms with Crippen molar-refractivity contribution in [2.75, 3.05) is 18.4 Å². The molecule has 2 rings (SSSR count). The zero-order valence-corrected chi connectivity index (χ0v) is 12.0. The largest absolute Gasteiger partial charge is 0.325 e. The summed E-state index contributed by atoms with van der Waals surface area (Å²) in [6.07, 6.45) is 0. The number of nitrogens with zero attached hydrogens (tertiary/aromatic N) is 1. The van der Waals surface area contributed by atoms with Crippen LogP contribution in [0.3, 0.4) is 0 Å². The van der Waals surface area contributed by atoms with Crippen LogP contribution in [-0.2, 0) is 0 Å². The van der Waals surface area contributed by atoms with Crippen LogP contribution in [0, 0.1) is 0 Å². The first kappa shape index (κ1) is 13.6. The third kappa shape index (κ3) is 3.15. The molecule has 0 unspecified atom stereocenters. The van der Waals surface area contributed by atoms with Gasteiger partial charge in [0.2, 0.25) is 0 Å². The average molecular weight is 274 g/mol. The van der Waals surface area contributed by atoms with Crippen LogP contribution in [0.5, 0.6) is 0 Å². The first-order chi connectivity index (χ1) is 9.26. The molecule has 1 heterocycles. The van der Waals surface area contributed by atoms with Crippen LogP contribution in [-0.4, -0.2) is 24.0 Å². The molecule has 0 bridgehead atoms. The fraction of sp³-hybridized carbons (Fsp3) is 0.267. The van der Waals surface area contributed by atoms with E-state index in [-0.39, 0.29) is 6.03 Å². The van der Waals surface area contributed by atoms with E-state index in [1.54, 1.807) is 16.2 Å². The molecule has 0 atom stereocenters. The van der Waals surface area contributed by atoms with Crippen molar-refractivity contribution in [2.45, 2.75) is 13.8 Å². The van der Waals surface area contributed by atoms with Crippen molar-refractivity contribution < 1.29 is 4.79 Å². The minimum Gasteiger partial charge on any atom is -0.325 e. The lowest BCUT2D eigenvalue weighted by molar-refractivity contribution is 0.217. The van der Waals surface area contributed by atoms with Gasteiger partial charge in [-0.15, -0.1) is 11.3 Å². The van der Waals surface area contributed by atoms with Crippen molar-refractivity contribution in [1.29, 1.82) is 0 Å². The summed E-state index contributed by atoms with van der Waals surface area (Å²) >= 11 is 1.67. The van der Waals surface area contributed by atoms with Gasteiger partial charge in [-0.05, 0) is 31.4 Å². The molecule has 0 radical (unpaired) electrons. The highest BCUT2D eigenvalue weighted by molar-refractivity contribution is 7.13. The van der Waals surface area contributed by atoms with E-state index in [0.717, 1.165) is 16.1 Å². The number of carbonyl (C=O) groups is 1. The third-order valence-corrected chi connectivity index (χ3v) is 3.91. The molecule has 1 N–H and O–H groups in total. The lowest BCUT2D eigenvalue weighted by Crippen LogP contribution is -2.34. The van der Waals surface area contributed by atoms with E-state index in [1.165, 1.54) is 0 Å². The Kier molecular flexibility index (Phi) is 4.58. The van der Waals surface area contributed by atoms with Gasteiger partial charge in [0.1, 0.15) is 0 Å². The summed E-state index contributed by atoms with van der Waals surface area (Å²) in [5, 5.41) is 5.03. The Labute approximate surface area is 117 Å². The molecule has 0 aliphatic heterocycles. The summed E-state index contributed by atoms with van der Waals surface area (Å²) in [5.74, 6) is 0. The maximum Gasteiger partial charge on any atom is 0.321 e. The predicted molar refractivity (Wildman–Crippen MR) is 81.7 cm³/mol. The number of rotatable bonds is 4. The quantitative estimate of drug-likeness (QED) is 0.886. The Morgan fingerprint density at radius 1 is 1.16 bits per heavy atom. The van der Waals surface area contributed by atoms with Gasteiger partial charge in [-0.1, -0.05) is 24.3 Å². The maximum absolute atomic E-state index is 12.1. The molecule has 0 spiro atoms. The van der Waals surface area contributed by atoms with E-state index >= 15 is 0 Å². The Morgan fingerprint density at radius 3 is 2.53 bits per heavy atom. The summed E-state index contributed by atoms with van der Waals surface area (Å²) in [7, 11) is 0. The Bertz CT molecular complexity index is 533. The smallest absolute Gasteiger partial charge is 0.321 e. The third-order valence-electron chi connectivity index (χ3n) is 3.01. The summed E-state index contributed by atoms with van der Waals surface area (Å²) in [4.78, 5) is 15.0. The van der Waals surface area contributed by atoms with Gasteiger partial charge >= 0.3 is 6.03 Å². The summed E-state index contributed by atoms with van der Waals surface area (Å²) in [6, 6.07) is 11.9. The molecular formula is C15H18N2OS. The number of thiophene rings is 1. The molecule has 1 aromatic carbocycles. The highest BCUT2D eigenvalue weighted by Crippen LogP contribution is 2.31. The van der Waals surface area contributed by atoms with Gasteiger partial charge in [0.15, 0.2) is 0 Å². The number of para-hydroxylation sites is 1. The van der Waals surface area contributed by atoms with Gasteiger partial charge in [0.05, 0.1) is 5.69 Å². The molecule has 2 amide bonds. The summed E-state index contributed by atoms with van der Waals surface area (Å²) < 4.78 is 0. The van der Waals surface area contributed by atoms with E-state index in [1.807, 2.05) is 49.6 Å². The van der Waals surface area contributed by atoms with Crippen molar-refractivity contribution in [3.63, 3.8) is 0 Å². The fourth-order valence-corrected chi connectivity index (χ4v) is 2.71. The maximum atomic E-state index is 12.1. The van der Waals surface area contributed by atoms with Gasteiger partial charge < -0.3 is 10.2 Å².